The van der Waals surface area contributed by atoms with Crippen LogP contribution < -0.4 is 4.90 Å². The molecule has 4 rings (SSSR count). The van der Waals surface area contributed by atoms with E-state index in [1.54, 1.807) is 16.8 Å². The quantitative estimate of drug-likeness (QED) is 0.586. The average Bonchev–Trinajstić information content (AvgIpc) is 3.43. The van der Waals surface area contributed by atoms with Crippen LogP contribution >= 0.6 is 0 Å². The third-order valence-corrected chi connectivity index (χ3v) is 5.33. The molecular weight excluding hydrogens is 367 g/mol. The van der Waals surface area contributed by atoms with Crippen molar-refractivity contribution in [2.24, 2.45) is 0 Å². The van der Waals surface area contributed by atoms with Crippen LogP contribution in [0.4, 0.5) is 10.1 Å². The van der Waals surface area contributed by atoms with E-state index in [9.17, 15) is 9.18 Å². The number of carbonyl (C=O) groups excluding carboxylic acids is 1. The molecule has 2 aromatic heterocycles. The van der Waals surface area contributed by atoms with Gasteiger partial charge < -0.3 is 9.47 Å². The lowest BCUT2D eigenvalue weighted by molar-refractivity contribution is -0.107. The number of imidazole rings is 1. The van der Waals surface area contributed by atoms with Gasteiger partial charge in [0.1, 0.15) is 5.82 Å². The van der Waals surface area contributed by atoms with Gasteiger partial charge in [0.05, 0.1) is 17.6 Å². The first-order chi connectivity index (χ1) is 13.8. The van der Waals surface area contributed by atoms with E-state index in [0.29, 0.717) is 11.5 Å². The number of rotatable bonds is 5. The van der Waals surface area contributed by atoms with E-state index < -0.39 is 5.82 Å². The van der Waals surface area contributed by atoms with Crippen LogP contribution in [0.25, 0.3) is 16.9 Å². The Labute approximate surface area is 170 Å². The van der Waals surface area contributed by atoms with E-state index in [-0.39, 0.29) is 11.5 Å². The van der Waals surface area contributed by atoms with Gasteiger partial charge in [-0.3, -0.25) is 9.78 Å². The Bertz CT molecular complexity index is 1060. The second-order valence-corrected chi connectivity index (χ2v) is 8.60. The summed E-state index contributed by atoms with van der Waals surface area (Å²) >= 11 is 0. The van der Waals surface area contributed by atoms with Crippen molar-refractivity contribution in [3.05, 3.63) is 60.1 Å². The van der Waals surface area contributed by atoms with E-state index in [1.807, 2.05) is 30.2 Å². The molecule has 1 amide bonds. The number of carbonyl (C=O) groups is 1. The Hall–Kier alpha value is -3.02. The van der Waals surface area contributed by atoms with Gasteiger partial charge in [-0.15, -0.1) is 0 Å². The fraction of sp³-hybridized carbons (Fsp3) is 0.348. The summed E-state index contributed by atoms with van der Waals surface area (Å²) in [6, 6.07) is 8.03. The van der Waals surface area contributed by atoms with Crippen LogP contribution in [0.3, 0.4) is 0 Å². The van der Waals surface area contributed by atoms with Crippen LogP contribution in [0.15, 0.2) is 42.9 Å². The molecule has 3 aromatic rings. The molecule has 1 aliphatic carbocycles. The number of anilines is 1. The van der Waals surface area contributed by atoms with Gasteiger partial charge in [0.25, 0.3) is 0 Å². The van der Waals surface area contributed by atoms with E-state index in [0.717, 1.165) is 41.8 Å². The fourth-order valence-electron chi connectivity index (χ4n) is 3.65. The number of benzene rings is 1. The molecule has 0 bridgehead atoms. The molecule has 5 nitrogen and oxygen atoms in total. The Morgan fingerprint density at radius 3 is 2.62 bits per heavy atom. The number of hydrogen-bond acceptors (Lipinski definition) is 3. The van der Waals surface area contributed by atoms with Gasteiger partial charge in [-0.25, -0.2) is 9.37 Å². The molecule has 29 heavy (non-hydrogen) atoms. The van der Waals surface area contributed by atoms with Gasteiger partial charge in [0.2, 0.25) is 6.41 Å². The molecule has 0 N–H and O–H groups in total. The molecule has 6 heteroatoms. The molecule has 0 aliphatic heterocycles. The highest BCUT2D eigenvalue weighted by molar-refractivity contribution is 5.82. The number of nitrogens with zero attached hydrogens (tertiary/aromatic N) is 4. The molecular formula is C23H25FN4O. The van der Waals surface area contributed by atoms with Crippen molar-refractivity contribution in [1.82, 2.24) is 14.5 Å². The molecule has 150 valence electrons. The number of aromatic nitrogens is 3. The van der Waals surface area contributed by atoms with Crippen molar-refractivity contribution in [2.75, 3.05) is 4.90 Å². The van der Waals surface area contributed by atoms with Crippen molar-refractivity contribution in [3.8, 4) is 16.9 Å². The third kappa shape index (κ3) is 3.67. The molecule has 0 radical (unpaired) electrons. The van der Waals surface area contributed by atoms with E-state index in [1.165, 1.54) is 6.20 Å². The van der Waals surface area contributed by atoms with Crippen molar-refractivity contribution < 1.29 is 9.18 Å². The van der Waals surface area contributed by atoms with E-state index >= 15 is 0 Å². The summed E-state index contributed by atoms with van der Waals surface area (Å²) in [6.07, 6.45) is 7.57. The van der Waals surface area contributed by atoms with Crippen LogP contribution in [-0.4, -0.2) is 27.0 Å². The summed E-state index contributed by atoms with van der Waals surface area (Å²) in [6.45, 7) is 8.28. The molecule has 0 spiro atoms. The topological polar surface area (TPSA) is 51.0 Å². The predicted molar refractivity (Wildman–Crippen MR) is 112 cm³/mol. The normalized spacial score (nSPS) is 14.1. The minimum atomic E-state index is -0.399. The smallest absolute Gasteiger partial charge is 0.214 e. The molecule has 1 aromatic carbocycles. The Kier molecular flexibility index (Phi) is 4.73. The largest absolute Gasteiger partial charge is 0.312 e. The summed E-state index contributed by atoms with van der Waals surface area (Å²) in [5.41, 5.74) is 4.00. The average molecular weight is 392 g/mol. The number of pyridine rings is 1. The highest BCUT2D eigenvalue weighted by atomic mass is 19.1. The summed E-state index contributed by atoms with van der Waals surface area (Å²) < 4.78 is 15.9. The molecule has 0 saturated heterocycles. The maximum Gasteiger partial charge on any atom is 0.214 e. The predicted octanol–water partition coefficient (Wildman–Crippen LogP) is 4.80. The van der Waals surface area contributed by atoms with Crippen LogP contribution in [0.2, 0.25) is 0 Å². The number of hydrogen-bond donors (Lipinski definition) is 0. The zero-order valence-corrected chi connectivity index (χ0v) is 17.2. The van der Waals surface area contributed by atoms with E-state index in [4.69, 9.17) is 0 Å². The van der Waals surface area contributed by atoms with Gasteiger partial charge in [-0.1, -0.05) is 32.9 Å². The van der Waals surface area contributed by atoms with Crippen molar-refractivity contribution >= 4 is 12.1 Å². The molecule has 0 atom stereocenters. The van der Waals surface area contributed by atoms with Crippen LogP contribution in [0, 0.1) is 12.7 Å². The monoisotopic (exact) mass is 392 g/mol. The Morgan fingerprint density at radius 2 is 2.00 bits per heavy atom. The molecule has 1 fully saturated rings. The van der Waals surface area contributed by atoms with Crippen LogP contribution in [0.5, 0.6) is 0 Å². The zero-order valence-electron chi connectivity index (χ0n) is 17.2. The van der Waals surface area contributed by atoms with Crippen molar-refractivity contribution in [3.63, 3.8) is 0 Å². The van der Waals surface area contributed by atoms with Gasteiger partial charge in [0, 0.05) is 29.7 Å². The summed E-state index contributed by atoms with van der Waals surface area (Å²) in [4.78, 5) is 22.2. The summed E-state index contributed by atoms with van der Waals surface area (Å²) in [7, 11) is 0. The fourth-order valence-corrected chi connectivity index (χ4v) is 3.65. The van der Waals surface area contributed by atoms with Crippen molar-refractivity contribution in [2.45, 2.75) is 52.0 Å². The highest BCUT2D eigenvalue weighted by Gasteiger charge is 2.32. The van der Waals surface area contributed by atoms with Gasteiger partial charge in [-0.2, -0.15) is 0 Å². The number of halogens is 1. The first-order valence-corrected chi connectivity index (χ1v) is 9.84. The molecule has 1 saturated carbocycles. The minimum absolute atomic E-state index is 0.0978. The second-order valence-electron chi connectivity index (χ2n) is 8.60. The lowest BCUT2D eigenvalue weighted by atomic mass is 9.84. The molecule has 0 unspecified atom stereocenters. The Morgan fingerprint density at radius 1 is 1.24 bits per heavy atom. The van der Waals surface area contributed by atoms with Gasteiger partial charge in [-0.05, 0) is 42.9 Å². The molecule has 1 aliphatic rings. The maximum absolute atomic E-state index is 14.2. The second kappa shape index (κ2) is 7.10. The number of aryl methyl sites for hydroxylation is 1. The highest BCUT2D eigenvalue weighted by Crippen LogP contribution is 2.39. The zero-order chi connectivity index (χ0) is 20.8. The van der Waals surface area contributed by atoms with Gasteiger partial charge >= 0.3 is 0 Å². The molecule has 2 heterocycles. The van der Waals surface area contributed by atoms with E-state index in [2.05, 4.69) is 36.8 Å². The Balaban J connectivity index is 1.81. The summed E-state index contributed by atoms with van der Waals surface area (Å²) in [5.74, 6) is 0.283. The van der Waals surface area contributed by atoms with Crippen LogP contribution in [-0.2, 0) is 10.2 Å². The first kappa shape index (κ1) is 19.3. The summed E-state index contributed by atoms with van der Waals surface area (Å²) in [5, 5.41) is 0. The van der Waals surface area contributed by atoms with Crippen LogP contribution in [0.1, 0.15) is 45.0 Å². The first-order valence-electron chi connectivity index (χ1n) is 9.84. The third-order valence-electron chi connectivity index (χ3n) is 5.33. The SMILES string of the molecule is Cc1nc(-c2ccc(C(C)(C)C)c(N(C=O)C3CC3)c2)cn1-c1ccncc1F. The number of amides is 1. The maximum atomic E-state index is 14.2. The van der Waals surface area contributed by atoms with Gasteiger partial charge in [0.15, 0.2) is 5.82 Å². The minimum Gasteiger partial charge on any atom is -0.312 e. The standard InChI is InChI=1S/C23H25FN4O/c1-15-26-20(13-27(15)21-9-10-25-12-19(21)24)16-5-8-18(23(2,3)4)22(11-16)28(14-29)17-6-7-17/h5,8-14,17H,6-7H2,1-4H3. The lowest BCUT2D eigenvalue weighted by Crippen LogP contribution is -2.27. The lowest BCUT2D eigenvalue weighted by Gasteiger charge is -2.28. The van der Waals surface area contributed by atoms with Crippen molar-refractivity contribution in [1.29, 1.82) is 0 Å².